The van der Waals surface area contributed by atoms with Crippen LogP contribution in [0.4, 0.5) is 11.5 Å². The van der Waals surface area contributed by atoms with Crippen molar-refractivity contribution in [1.82, 2.24) is 15.4 Å². The van der Waals surface area contributed by atoms with E-state index in [1.54, 1.807) is 24.3 Å². The van der Waals surface area contributed by atoms with E-state index in [0.717, 1.165) is 17.5 Å². The number of hydrazine groups is 1. The summed E-state index contributed by atoms with van der Waals surface area (Å²) in [4.78, 5) is 30.6. The Bertz CT molecular complexity index is 977. The number of hydrogen-bond donors (Lipinski definition) is 2. The Morgan fingerprint density at radius 2 is 1.82 bits per heavy atom. The summed E-state index contributed by atoms with van der Waals surface area (Å²) in [6.45, 7) is 1.91. The number of nitro groups is 1. The lowest BCUT2D eigenvalue weighted by molar-refractivity contribution is -0.385. The Hall–Kier alpha value is -4.01. The molecule has 0 aliphatic heterocycles. The SMILES string of the molecule is Cc1ccc(Oc2ncnc(NNC(=O)Cc3ccccc3)c2[N+](=O)[O-])cc1. The predicted octanol–water partition coefficient (Wildman–Crippen LogP) is 3.17. The molecule has 0 bridgehead atoms. The second-order valence-corrected chi connectivity index (χ2v) is 5.88. The number of carbonyl (C=O) groups is 1. The van der Waals surface area contributed by atoms with Crippen LogP contribution in [0.3, 0.4) is 0 Å². The fraction of sp³-hybridized carbons (Fsp3) is 0.105. The van der Waals surface area contributed by atoms with Crippen LogP contribution in [0.15, 0.2) is 60.9 Å². The Labute approximate surface area is 160 Å². The number of nitrogens with one attached hydrogen (secondary N) is 2. The highest BCUT2D eigenvalue weighted by molar-refractivity contribution is 5.80. The zero-order valence-electron chi connectivity index (χ0n) is 15.0. The van der Waals surface area contributed by atoms with Crippen LogP contribution in [0.5, 0.6) is 11.6 Å². The molecule has 0 radical (unpaired) electrons. The van der Waals surface area contributed by atoms with Gasteiger partial charge in [-0.15, -0.1) is 0 Å². The summed E-state index contributed by atoms with van der Waals surface area (Å²) < 4.78 is 5.52. The number of ether oxygens (including phenoxy) is 1. The van der Waals surface area contributed by atoms with Gasteiger partial charge in [-0.25, -0.2) is 4.98 Å². The zero-order valence-corrected chi connectivity index (χ0v) is 15.0. The second-order valence-electron chi connectivity index (χ2n) is 5.88. The first-order valence-corrected chi connectivity index (χ1v) is 8.35. The Morgan fingerprint density at radius 3 is 2.50 bits per heavy atom. The van der Waals surface area contributed by atoms with Gasteiger partial charge in [-0.2, -0.15) is 4.98 Å². The molecule has 0 aliphatic carbocycles. The van der Waals surface area contributed by atoms with E-state index in [2.05, 4.69) is 20.8 Å². The van der Waals surface area contributed by atoms with Crippen molar-refractivity contribution < 1.29 is 14.5 Å². The van der Waals surface area contributed by atoms with Gasteiger partial charge in [-0.05, 0) is 24.6 Å². The van der Waals surface area contributed by atoms with Gasteiger partial charge in [0.15, 0.2) is 0 Å². The maximum Gasteiger partial charge on any atom is 0.374 e. The third kappa shape index (κ3) is 4.79. The fourth-order valence-corrected chi connectivity index (χ4v) is 2.37. The third-order valence-electron chi connectivity index (χ3n) is 3.73. The van der Waals surface area contributed by atoms with Crippen molar-refractivity contribution in [2.24, 2.45) is 0 Å². The molecule has 0 saturated heterocycles. The molecule has 2 aromatic carbocycles. The summed E-state index contributed by atoms with van der Waals surface area (Å²) in [7, 11) is 0. The van der Waals surface area contributed by atoms with E-state index >= 15 is 0 Å². The minimum Gasteiger partial charge on any atom is -0.434 e. The minimum absolute atomic E-state index is 0.111. The number of aromatic nitrogens is 2. The number of amides is 1. The molecular formula is C19H17N5O4. The van der Waals surface area contributed by atoms with Crippen molar-refractivity contribution in [3.8, 4) is 11.6 Å². The van der Waals surface area contributed by atoms with Crippen LogP contribution >= 0.6 is 0 Å². The first-order valence-electron chi connectivity index (χ1n) is 8.35. The van der Waals surface area contributed by atoms with Gasteiger partial charge < -0.3 is 4.74 Å². The standard InChI is InChI=1S/C19H17N5O4/c1-13-7-9-15(10-8-13)28-19-17(24(26)27)18(20-12-21-19)23-22-16(25)11-14-5-3-2-4-6-14/h2-10,12H,11H2,1H3,(H,22,25)(H,20,21,23). The van der Waals surface area contributed by atoms with Gasteiger partial charge in [0.25, 0.3) is 0 Å². The van der Waals surface area contributed by atoms with E-state index < -0.39 is 10.6 Å². The number of carbonyl (C=O) groups excluding carboxylic acids is 1. The maximum absolute atomic E-state index is 12.1. The molecule has 28 heavy (non-hydrogen) atoms. The highest BCUT2D eigenvalue weighted by atomic mass is 16.6. The average molecular weight is 379 g/mol. The van der Waals surface area contributed by atoms with Crippen LogP contribution in [0.1, 0.15) is 11.1 Å². The molecule has 9 nitrogen and oxygen atoms in total. The van der Waals surface area contributed by atoms with E-state index in [0.29, 0.717) is 5.75 Å². The molecule has 1 heterocycles. The average Bonchev–Trinajstić information content (AvgIpc) is 2.69. The molecule has 3 aromatic rings. The van der Waals surface area contributed by atoms with Gasteiger partial charge >= 0.3 is 11.6 Å². The monoisotopic (exact) mass is 379 g/mol. The van der Waals surface area contributed by atoms with E-state index in [4.69, 9.17) is 4.74 Å². The van der Waals surface area contributed by atoms with Crippen LogP contribution in [0, 0.1) is 17.0 Å². The number of aryl methyl sites for hydroxylation is 1. The topological polar surface area (TPSA) is 119 Å². The summed E-state index contributed by atoms with van der Waals surface area (Å²) in [6.07, 6.45) is 1.22. The number of anilines is 1. The number of benzene rings is 2. The van der Waals surface area contributed by atoms with Crippen molar-refractivity contribution >= 4 is 17.4 Å². The maximum atomic E-state index is 12.1. The van der Waals surface area contributed by atoms with E-state index in [1.165, 1.54) is 0 Å². The zero-order chi connectivity index (χ0) is 19.9. The lowest BCUT2D eigenvalue weighted by Crippen LogP contribution is -2.31. The van der Waals surface area contributed by atoms with Gasteiger partial charge in [0.05, 0.1) is 11.3 Å². The first kappa shape index (κ1) is 18.8. The molecule has 0 spiro atoms. The highest BCUT2D eigenvalue weighted by Gasteiger charge is 2.25. The Kier molecular flexibility index (Phi) is 5.75. The van der Waals surface area contributed by atoms with Crippen molar-refractivity contribution in [3.05, 3.63) is 82.2 Å². The van der Waals surface area contributed by atoms with E-state index in [-0.39, 0.29) is 24.0 Å². The first-order chi connectivity index (χ1) is 13.5. The molecule has 0 atom stereocenters. The molecule has 0 fully saturated rings. The fourth-order valence-electron chi connectivity index (χ4n) is 2.37. The van der Waals surface area contributed by atoms with Gasteiger partial charge in [0.1, 0.15) is 12.1 Å². The normalized spacial score (nSPS) is 10.2. The molecule has 1 aromatic heterocycles. The second kappa shape index (κ2) is 8.58. The molecule has 0 saturated carbocycles. The van der Waals surface area contributed by atoms with E-state index in [9.17, 15) is 14.9 Å². The van der Waals surface area contributed by atoms with Crippen LogP contribution in [0.2, 0.25) is 0 Å². The lowest BCUT2D eigenvalue weighted by Gasteiger charge is -2.10. The van der Waals surface area contributed by atoms with Crippen molar-refractivity contribution in [2.75, 3.05) is 5.43 Å². The van der Waals surface area contributed by atoms with Gasteiger partial charge in [0, 0.05) is 0 Å². The summed E-state index contributed by atoms with van der Waals surface area (Å²) in [5.41, 5.74) is 6.23. The van der Waals surface area contributed by atoms with Crippen molar-refractivity contribution in [2.45, 2.75) is 13.3 Å². The van der Waals surface area contributed by atoms with Crippen LogP contribution in [-0.2, 0) is 11.2 Å². The molecular weight excluding hydrogens is 362 g/mol. The summed E-state index contributed by atoms with van der Waals surface area (Å²) in [5, 5.41) is 11.5. The largest absolute Gasteiger partial charge is 0.434 e. The molecule has 3 rings (SSSR count). The van der Waals surface area contributed by atoms with Gasteiger partial charge in [-0.1, -0.05) is 48.0 Å². The van der Waals surface area contributed by atoms with Gasteiger partial charge in [0.2, 0.25) is 11.7 Å². The van der Waals surface area contributed by atoms with Crippen LogP contribution in [-0.4, -0.2) is 20.8 Å². The number of hydrogen-bond acceptors (Lipinski definition) is 7. The molecule has 0 unspecified atom stereocenters. The van der Waals surface area contributed by atoms with Crippen LogP contribution < -0.4 is 15.6 Å². The van der Waals surface area contributed by atoms with Crippen LogP contribution in [0.25, 0.3) is 0 Å². The molecule has 0 aliphatic rings. The summed E-state index contributed by atoms with van der Waals surface area (Å²) >= 11 is 0. The lowest BCUT2D eigenvalue weighted by atomic mass is 10.1. The van der Waals surface area contributed by atoms with Crippen molar-refractivity contribution in [1.29, 1.82) is 0 Å². The third-order valence-corrected chi connectivity index (χ3v) is 3.73. The quantitative estimate of drug-likeness (QED) is 0.478. The molecule has 2 N–H and O–H groups in total. The van der Waals surface area contributed by atoms with Gasteiger partial charge in [-0.3, -0.25) is 25.8 Å². The molecule has 1 amide bonds. The highest BCUT2D eigenvalue weighted by Crippen LogP contribution is 2.33. The number of nitrogens with zero attached hydrogens (tertiary/aromatic N) is 3. The molecule has 9 heteroatoms. The summed E-state index contributed by atoms with van der Waals surface area (Å²) in [5.74, 6) is -0.390. The Balaban J connectivity index is 1.74. The smallest absolute Gasteiger partial charge is 0.374 e. The minimum atomic E-state index is -0.671. The summed E-state index contributed by atoms with van der Waals surface area (Å²) in [6, 6.07) is 16.1. The predicted molar refractivity (Wildman–Crippen MR) is 102 cm³/mol. The number of rotatable bonds is 7. The Morgan fingerprint density at radius 1 is 1.11 bits per heavy atom. The van der Waals surface area contributed by atoms with E-state index in [1.807, 2.05) is 37.3 Å². The molecule has 142 valence electrons. The van der Waals surface area contributed by atoms with Crippen molar-refractivity contribution in [3.63, 3.8) is 0 Å².